The Bertz CT molecular complexity index is 1420. The Morgan fingerprint density at radius 1 is 1.17 bits per heavy atom. The first kappa shape index (κ1) is 18.2. The predicted molar refractivity (Wildman–Crippen MR) is 106 cm³/mol. The van der Waals surface area contributed by atoms with E-state index in [0.29, 0.717) is 40.4 Å². The van der Waals surface area contributed by atoms with Crippen molar-refractivity contribution in [3.8, 4) is 11.4 Å². The molecule has 0 atom stereocenters. The third kappa shape index (κ3) is 2.97. The lowest BCUT2D eigenvalue weighted by molar-refractivity contribution is 0.574. The summed E-state index contributed by atoms with van der Waals surface area (Å²) in [4.78, 5) is 24.9. The molecule has 10 heteroatoms. The van der Waals surface area contributed by atoms with E-state index in [2.05, 4.69) is 20.1 Å². The number of H-pyrrole nitrogens is 1. The van der Waals surface area contributed by atoms with Crippen molar-refractivity contribution in [3.05, 3.63) is 70.5 Å². The van der Waals surface area contributed by atoms with Crippen LogP contribution in [0.5, 0.6) is 0 Å². The SMILES string of the molecule is CCCn1c(=O)c2[nH]c(-c3cnn(Cc4cc(F)cc(F)c4)c3)nc2n2ccnc12. The summed E-state index contributed by atoms with van der Waals surface area (Å²) < 4.78 is 31.8. The summed E-state index contributed by atoms with van der Waals surface area (Å²) >= 11 is 0. The summed E-state index contributed by atoms with van der Waals surface area (Å²) in [6.45, 7) is 2.74. The number of nitrogens with one attached hydrogen (secondary N) is 1. The van der Waals surface area contributed by atoms with Crippen LogP contribution in [-0.2, 0) is 13.1 Å². The summed E-state index contributed by atoms with van der Waals surface area (Å²) in [6, 6.07) is 3.35. The van der Waals surface area contributed by atoms with Gasteiger partial charge in [-0.3, -0.25) is 18.4 Å². The van der Waals surface area contributed by atoms with E-state index in [1.165, 1.54) is 12.1 Å². The predicted octanol–water partition coefficient (Wildman–Crippen LogP) is 2.97. The molecule has 0 aliphatic carbocycles. The first-order chi connectivity index (χ1) is 14.5. The third-order valence-electron chi connectivity index (χ3n) is 4.86. The molecular weight excluding hydrogens is 392 g/mol. The van der Waals surface area contributed by atoms with E-state index < -0.39 is 11.6 Å². The van der Waals surface area contributed by atoms with E-state index in [-0.39, 0.29) is 12.1 Å². The minimum Gasteiger partial charge on any atom is -0.332 e. The molecule has 0 aliphatic rings. The Balaban J connectivity index is 1.56. The van der Waals surface area contributed by atoms with Gasteiger partial charge >= 0.3 is 0 Å². The van der Waals surface area contributed by atoms with Gasteiger partial charge in [0.05, 0.1) is 18.3 Å². The molecule has 5 aromatic rings. The molecule has 0 saturated carbocycles. The second-order valence-electron chi connectivity index (χ2n) is 7.04. The number of benzene rings is 1. The van der Waals surface area contributed by atoms with Crippen LogP contribution in [0, 0.1) is 11.6 Å². The number of imidazole rings is 2. The Labute approximate surface area is 168 Å². The Morgan fingerprint density at radius 2 is 1.97 bits per heavy atom. The zero-order valence-electron chi connectivity index (χ0n) is 16.0. The number of aromatic amines is 1. The first-order valence-corrected chi connectivity index (χ1v) is 9.47. The number of hydrogen-bond acceptors (Lipinski definition) is 4. The lowest BCUT2D eigenvalue weighted by Crippen LogP contribution is -2.23. The molecule has 152 valence electrons. The molecule has 0 bridgehead atoms. The molecule has 0 unspecified atom stereocenters. The van der Waals surface area contributed by atoms with Crippen LogP contribution in [0.3, 0.4) is 0 Å². The average molecular weight is 409 g/mol. The van der Waals surface area contributed by atoms with Gasteiger partial charge in [0, 0.05) is 31.2 Å². The number of halogens is 2. The van der Waals surface area contributed by atoms with Gasteiger partial charge in [-0.2, -0.15) is 5.10 Å². The van der Waals surface area contributed by atoms with Crippen molar-refractivity contribution in [1.29, 1.82) is 0 Å². The second-order valence-corrected chi connectivity index (χ2v) is 7.04. The van der Waals surface area contributed by atoms with Gasteiger partial charge in [-0.15, -0.1) is 0 Å². The van der Waals surface area contributed by atoms with Crippen molar-refractivity contribution < 1.29 is 8.78 Å². The third-order valence-corrected chi connectivity index (χ3v) is 4.86. The maximum atomic E-state index is 13.4. The van der Waals surface area contributed by atoms with Crippen LogP contribution >= 0.6 is 0 Å². The van der Waals surface area contributed by atoms with Gasteiger partial charge in [-0.1, -0.05) is 6.92 Å². The zero-order chi connectivity index (χ0) is 20.8. The van der Waals surface area contributed by atoms with Crippen LogP contribution in [0.15, 0.2) is 47.8 Å². The van der Waals surface area contributed by atoms with Crippen LogP contribution in [0.1, 0.15) is 18.9 Å². The summed E-state index contributed by atoms with van der Waals surface area (Å²) in [5.41, 5.74) is 1.78. The van der Waals surface area contributed by atoms with Gasteiger partial charge in [0.15, 0.2) is 11.2 Å². The first-order valence-electron chi connectivity index (χ1n) is 9.47. The maximum absolute atomic E-state index is 13.4. The van der Waals surface area contributed by atoms with E-state index in [9.17, 15) is 13.6 Å². The maximum Gasteiger partial charge on any atom is 0.280 e. The smallest absolute Gasteiger partial charge is 0.280 e. The van der Waals surface area contributed by atoms with Crippen LogP contribution in [-0.4, -0.2) is 33.7 Å². The molecule has 0 fully saturated rings. The number of fused-ring (bicyclic) bond motifs is 3. The topological polar surface area (TPSA) is 85.8 Å². The standard InChI is InChI=1S/C20H17F2N7O/c1-2-4-29-19(30)16-18(28-5-3-23-20(28)29)26-17(25-16)13-9-24-27(11-13)10-12-6-14(21)8-15(22)7-12/h3,5-9,11H,2,4,10H2,1H3,(H,25,26). The van der Waals surface area contributed by atoms with Crippen LogP contribution in [0.2, 0.25) is 0 Å². The number of aryl methyl sites for hydroxylation is 1. The Kier molecular flexibility index (Phi) is 4.19. The summed E-state index contributed by atoms with van der Waals surface area (Å²) in [6.07, 6.45) is 7.47. The van der Waals surface area contributed by atoms with Crippen LogP contribution in [0.4, 0.5) is 8.78 Å². The highest BCUT2D eigenvalue weighted by Gasteiger charge is 2.17. The molecule has 4 heterocycles. The number of hydrogen-bond donors (Lipinski definition) is 1. The Morgan fingerprint density at radius 3 is 2.73 bits per heavy atom. The van der Waals surface area contributed by atoms with Crippen molar-refractivity contribution in [2.75, 3.05) is 0 Å². The fourth-order valence-corrected chi connectivity index (χ4v) is 3.60. The lowest BCUT2D eigenvalue weighted by Gasteiger charge is -2.05. The average Bonchev–Trinajstić information content (AvgIpc) is 3.42. The van der Waals surface area contributed by atoms with E-state index in [4.69, 9.17) is 0 Å². The van der Waals surface area contributed by atoms with Gasteiger partial charge in [0.2, 0.25) is 5.78 Å². The highest BCUT2D eigenvalue weighted by molar-refractivity contribution is 5.77. The quantitative estimate of drug-likeness (QED) is 0.484. The van der Waals surface area contributed by atoms with E-state index >= 15 is 0 Å². The monoisotopic (exact) mass is 409 g/mol. The summed E-state index contributed by atoms with van der Waals surface area (Å²) in [5, 5.41) is 4.25. The van der Waals surface area contributed by atoms with E-state index in [0.717, 1.165) is 12.5 Å². The highest BCUT2D eigenvalue weighted by Crippen LogP contribution is 2.20. The molecule has 0 aliphatic heterocycles. The van der Waals surface area contributed by atoms with Gasteiger partial charge in [0.25, 0.3) is 5.56 Å². The van der Waals surface area contributed by atoms with Crippen LogP contribution in [0.25, 0.3) is 28.3 Å². The highest BCUT2D eigenvalue weighted by atomic mass is 19.1. The van der Waals surface area contributed by atoms with Crippen LogP contribution < -0.4 is 5.56 Å². The number of nitrogens with zero attached hydrogens (tertiary/aromatic N) is 6. The molecule has 30 heavy (non-hydrogen) atoms. The number of aromatic nitrogens is 7. The largest absolute Gasteiger partial charge is 0.332 e. The van der Waals surface area contributed by atoms with Crippen molar-refractivity contribution in [3.63, 3.8) is 0 Å². The minimum absolute atomic E-state index is 0.188. The van der Waals surface area contributed by atoms with E-state index in [1.54, 1.807) is 38.4 Å². The number of rotatable bonds is 5. The molecule has 8 nitrogen and oxygen atoms in total. The van der Waals surface area contributed by atoms with Crippen molar-refractivity contribution >= 4 is 16.9 Å². The van der Waals surface area contributed by atoms with Gasteiger partial charge in [0.1, 0.15) is 17.5 Å². The fraction of sp³-hybridized carbons (Fsp3) is 0.200. The Hall–Kier alpha value is -3.82. The zero-order valence-corrected chi connectivity index (χ0v) is 16.0. The minimum atomic E-state index is -0.637. The second kappa shape index (κ2) is 6.90. The molecule has 4 aromatic heterocycles. The molecule has 0 spiro atoms. The van der Waals surface area contributed by atoms with Crippen molar-refractivity contribution in [1.82, 2.24) is 33.7 Å². The summed E-state index contributed by atoms with van der Waals surface area (Å²) in [5.74, 6) is -0.260. The molecule has 5 rings (SSSR count). The fourth-order valence-electron chi connectivity index (χ4n) is 3.60. The summed E-state index contributed by atoms with van der Waals surface area (Å²) in [7, 11) is 0. The normalized spacial score (nSPS) is 11.7. The van der Waals surface area contributed by atoms with Crippen molar-refractivity contribution in [2.24, 2.45) is 0 Å². The van der Waals surface area contributed by atoms with Gasteiger partial charge in [-0.25, -0.2) is 18.7 Å². The molecule has 1 aromatic carbocycles. The van der Waals surface area contributed by atoms with Gasteiger partial charge in [-0.05, 0) is 24.1 Å². The molecule has 0 radical (unpaired) electrons. The lowest BCUT2D eigenvalue weighted by atomic mass is 10.2. The van der Waals surface area contributed by atoms with Gasteiger partial charge < -0.3 is 4.98 Å². The molecule has 0 saturated heterocycles. The molecular formula is C20H17F2N7O. The molecule has 1 N–H and O–H groups in total. The molecule has 0 amide bonds. The van der Waals surface area contributed by atoms with Crippen molar-refractivity contribution in [2.45, 2.75) is 26.4 Å². The van der Waals surface area contributed by atoms with E-state index in [1.807, 2.05) is 6.92 Å².